The summed E-state index contributed by atoms with van der Waals surface area (Å²) in [7, 11) is 0. The summed E-state index contributed by atoms with van der Waals surface area (Å²) in [6, 6.07) is 0. The van der Waals surface area contributed by atoms with Crippen molar-refractivity contribution in [1.29, 1.82) is 0 Å². The maximum absolute atomic E-state index is 12.8. The maximum Gasteiger partial charge on any atom is 0.306 e. The van der Waals surface area contributed by atoms with Crippen LogP contribution in [0.25, 0.3) is 0 Å². The van der Waals surface area contributed by atoms with E-state index in [4.69, 9.17) is 14.2 Å². The Morgan fingerprint density at radius 2 is 0.635 bits per heavy atom. The lowest BCUT2D eigenvalue weighted by Crippen LogP contribution is -2.30. The molecule has 0 aromatic heterocycles. The van der Waals surface area contributed by atoms with Crippen LogP contribution in [0.4, 0.5) is 0 Å². The van der Waals surface area contributed by atoms with E-state index in [-0.39, 0.29) is 37.5 Å². The number of unbranched alkanes of at least 4 members (excludes halogenated alkanes) is 18. The lowest BCUT2D eigenvalue weighted by molar-refractivity contribution is -0.167. The molecule has 1 atom stereocenters. The molecule has 0 heterocycles. The highest BCUT2D eigenvalue weighted by molar-refractivity contribution is 5.71. The average Bonchev–Trinajstić information content (AvgIpc) is 3.28. The van der Waals surface area contributed by atoms with E-state index in [1.807, 2.05) is 0 Å². The van der Waals surface area contributed by atoms with Gasteiger partial charge in [0.1, 0.15) is 13.2 Å². The number of hydrogen-bond acceptors (Lipinski definition) is 6. The number of carbonyl (C=O) groups is 3. The number of carbonyl (C=O) groups excluding carboxylic acids is 3. The topological polar surface area (TPSA) is 78.9 Å². The highest BCUT2D eigenvalue weighted by Gasteiger charge is 2.19. The third-order valence-electron chi connectivity index (χ3n) is 10.5. The fourth-order valence-corrected chi connectivity index (χ4v) is 6.68. The lowest BCUT2D eigenvalue weighted by Gasteiger charge is -2.18. The summed E-state index contributed by atoms with van der Waals surface area (Å²) in [5.74, 6) is -0.993. The molecule has 0 saturated heterocycles. The summed E-state index contributed by atoms with van der Waals surface area (Å²) in [5, 5.41) is 0. The van der Waals surface area contributed by atoms with Gasteiger partial charge in [0.25, 0.3) is 0 Å². The molecule has 0 N–H and O–H groups in total. The minimum absolute atomic E-state index is 0.107. The van der Waals surface area contributed by atoms with Crippen molar-refractivity contribution in [2.75, 3.05) is 13.2 Å². The summed E-state index contributed by atoms with van der Waals surface area (Å²) in [5.41, 5.74) is 0. The Morgan fingerprint density at radius 3 is 1.08 bits per heavy atom. The van der Waals surface area contributed by atoms with Gasteiger partial charge in [-0.3, -0.25) is 14.4 Å². The molecule has 6 heteroatoms. The molecule has 0 amide bonds. The first-order chi connectivity index (χ1) is 31.0. The SMILES string of the molecule is CC/C=C\C/C=C\C/C=C\C/C=C\C/C=C\CCCC(=O)OC[C@H](COC(=O)CCCCCCC/C=C\C/C=C\CCCCC)OC(=O)CCCCCCC/C=C\CCCCCC. The first kappa shape index (κ1) is 59.3. The van der Waals surface area contributed by atoms with Gasteiger partial charge in [-0.25, -0.2) is 0 Å². The molecule has 0 radical (unpaired) electrons. The van der Waals surface area contributed by atoms with Crippen LogP contribution in [0, 0.1) is 0 Å². The summed E-state index contributed by atoms with van der Waals surface area (Å²) in [6.07, 6.45) is 66.8. The van der Waals surface area contributed by atoms with Crippen LogP contribution >= 0.6 is 0 Å². The molecule has 0 aliphatic carbocycles. The van der Waals surface area contributed by atoms with Gasteiger partial charge in [-0.1, -0.05) is 189 Å². The smallest absolute Gasteiger partial charge is 0.306 e. The zero-order chi connectivity index (χ0) is 45.8. The van der Waals surface area contributed by atoms with Crippen LogP contribution in [0.1, 0.15) is 226 Å². The minimum atomic E-state index is -0.810. The molecule has 0 aromatic rings. The van der Waals surface area contributed by atoms with Gasteiger partial charge in [-0.15, -0.1) is 0 Å². The average molecular weight is 875 g/mol. The quantitative estimate of drug-likeness (QED) is 0.0262. The van der Waals surface area contributed by atoms with E-state index >= 15 is 0 Å². The molecule has 0 spiro atoms. The van der Waals surface area contributed by atoms with Gasteiger partial charge >= 0.3 is 17.9 Å². The van der Waals surface area contributed by atoms with E-state index in [9.17, 15) is 14.4 Å². The van der Waals surface area contributed by atoms with Crippen molar-refractivity contribution >= 4 is 17.9 Å². The molecule has 0 aliphatic rings. The Bertz CT molecular complexity index is 1280. The molecular formula is C57H94O6. The zero-order valence-electron chi connectivity index (χ0n) is 40.8. The van der Waals surface area contributed by atoms with Crippen LogP contribution < -0.4 is 0 Å². The third kappa shape index (κ3) is 49.2. The predicted molar refractivity (Wildman–Crippen MR) is 270 cm³/mol. The molecule has 0 bridgehead atoms. The lowest BCUT2D eigenvalue weighted by atomic mass is 10.1. The first-order valence-electron chi connectivity index (χ1n) is 25.7. The van der Waals surface area contributed by atoms with Crippen molar-refractivity contribution in [3.05, 3.63) is 97.2 Å². The van der Waals surface area contributed by atoms with E-state index in [1.165, 1.54) is 64.2 Å². The second-order valence-electron chi connectivity index (χ2n) is 16.7. The van der Waals surface area contributed by atoms with Crippen molar-refractivity contribution in [3.63, 3.8) is 0 Å². The van der Waals surface area contributed by atoms with Gasteiger partial charge in [0, 0.05) is 19.3 Å². The monoisotopic (exact) mass is 875 g/mol. The number of esters is 3. The molecular weight excluding hydrogens is 781 g/mol. The largest absolute Gasteiger partial charge is 0.462 e. The van der Waals surface area contributed by atoms with Crippen molar-refractivity contribution < 1.29 is 28.6 Å². The van der Waals surface area contributed by atoms with Gasteiger partial charge in [0.05, 0.1) is 0 Å². The van der Waals surface area contributed by atoms with Crippen LogP contribution in [-0.4, -0.2) is 37.2 Å². The molecule has 0 aliphatic heterocycles. The summed E-state index contributed by atoms with van der Waals surface area (Å²) in [6.45, 7) is 6.40. The van der Waals surface area contributed by atoms with Crippen LogP contribution in [-0.2, 0) is 28.6 Å². The fraction of sp³-hybridized carbons (Fsp3) is 0.667. The molecule has 358 valence electrons. The molecule has 0 fully saturated rings. The van der Waals surface area contributed by atoms with Crippen LogP contribution in [0.2, 0.25) is 0 Å². The number of rotatable bonds is 45. The molecule has 6 nitrogen and oxygen atoms in total. The molecule has 0 aromatic carbocycles. The minimum Gasteiger partial charge on any atom is -0.462 e. The number of hydrogen-bond donors (Lipinski definition) is 0. The third-order valence-corrected chi connectivity index (χ3v) is 10.5. The van der Waals surface area contributed by atoms with Crippen molar-refractivity contribution in [3.8, 4) is 0 Å². The van der Waals surface area contributed by atoms with Crippen LogP contribution in [0.5, 0.6) is 0 Å². The summed E-state index contributed by atoms with van der Waals surface area (Å²) in [4.78, 5) is 37.9. The summed E-state index contributed by atoms with van der Waals surface area (Å²) >= 11 is 0. The molecule has 63 heavy (non-hydrogen) atoms. The van der Waals surface area contributed by atoms with Gasteiger partial charge in [-0.05, 0) is 116 Å². The van der Waals surface area contributed by atoms with Crippen molar-refractivity contribution in [2.45, 2.75) is 232 Å². The van der Waals surface area contributed by atoms with E-state index < -0.39 is 6.10 Å². The second kappa shape index (κ2) is 51.0. The van der Waals surface area contributed by atoms with Gasteiger partial charge in [-0.2, -0.15) is 0 Å². The number of allylic oxidation sites excluding steroid dienone is 16. The standard InChI is InChI=1S/C57H94O6/c1-4-7-10-13-16-19-22-25-27-28-30-33-35-38-41-44-47-50-56(59)62-53-54(63-57(60)51-48-45-42-39-36-31-24-21-18-15-12-9-6-3)52-61-55(58)49-46-43-40-37-34-32-29-26-23-20-17-14-11-8-5-2/h7,10,16-17,19-21,24-27,29-30,33,38,41,54H,4-6,8-9,11-15,18,22-23,28,31-32,34-37,39-40,42-53H2,1-3H3/b10-7-,19-16-,20-17-,24-21-,27-25-,29-26-,33-30-,41-38-/t54-/m0/s1. The van der Waals surface area contributed by atoms with Crippen molar-refractivity contribution in [2.24, 2.45) is 0 Å². The Morgan fingerprint density at radius 1 is 0.333 bits per heavy atom. The maximum atomic E-state index is 12.8. The van der Waals surface area contributed by atoms with E-state index in [0.29, 0.717) is 19.3 Å². The number of ether oxygens (including phenoxy) is 3. The Hall–Kier alpha value is -3.67. The Balaban J connectivity index is 4.52. The van der Waals surface area contributed by atoms with E-state index in [2.05, 4.69) is 118 Å². The summed E-state index contributed by atoms with van der Waals surface area (Å²) < 4.78 is 16.7. The normalized spacial score (nSPS) is 12.9. The van der Waals surface area contributed by atoms with E-state index in [0.717, 1.165) is 116 Å². The Labute approximate surface area is 387 Å². The second-order valence-corrected chi connectivity index (χ2v) is 16.7. The van der Waals surface area contributed by atoms with Crippen molar-refractivity contribution in [1.82, 2.24) is 0 Å². The molecule has 0 saturated carbocycles. The van der Waals surface area contributed by atoms with Gasteiger partial charge in [0.15, 0.2) is 6.10 Å². The highest BCUT2D eigenvalue weighted by Crippen LogP contribution is 2.13. The highest BCUT2D eigenvalue weighted by atomic mass is 16.6. The van der Waals surface area contributed by atoms with Gasteiger partial charge < -0.3 is 14.2 Å². The first-order valence-corrected chi connectivity index (χ1v) is 25.7. The van der Waals surface area contributed by atoms with Gasteiger partial charge in [0.2, 0.25) is 0 Å². The zero-order valence-corrected chi connectivity index (χ0v) is 40.8. The Kier molecular flexibility index (Phi) is 48.0. The predicted octanol–water partition coefficient (Wildman–Crippen LogP) is 17.0. The van der Waals surface area contributed by atoms with Crippen LogP contribution in [0.15, 0.2) is 97.2 Å². The molecule has 0 unspecified atom stereocenters. The fourth-order valence-electron chi connectivity index (χ4n) is 6.68. The molecule has 0 rings (SSSR count). The van der Waals surface area contributed by atoms with E-state index in [1.54, 1.807) is 0 Å². The van der Waals surface area contributed by atoms with Crippen LogP contribution in [0.3, 0.4) is 0 Å².